The Balaban J connectivity index is 0.843. The number of ether oxygens (including phenoxy) is 1. The maximum Gasteiger partial charge on any atom is 0.405 e. The van der Waals surface area contributed by atoms with Crippen LogP contribution in [-0.2, 0) is 32.0 Å². The van der Waals surface area contributed by atoms with Gasteiger partial charge in [0.15, 0.2) is 0 Å². The molecular formula is C51H54N8O6. The largest absolute Gasteiger partial charge is 0.465 e. The number of hydrogen-bond acceptors (Lipinski definition) is 7. The van der Waals surface area contributed by atoms with Gasteiger partial charge in [-0.2, -0.15) is 0 Å². The summed E-state index contributed by atoms with van der Waals surface area (Å²) in [6, 6.07) is 26.4. The molecule has 0 spiro atoms. The number of aromatic nitrogens is 4. The van der Waals surface area contributed by atoms with E-state index >= 15 is 0 Å². The molecule has 3 saturated heterocycles. The van der Waals surface area contributed by atoms with Crippen LogP contribution in [0, 0.1) is 5.92 Å². The number of amides is 4. The van der Waals surface area contributed by atoms with Crippen LogP contribution in [-0.4, -0.2) is 91.0 Å². The minimum atomic E-state index is -1.25. The Bertz CT molecular complexity index is 2760. The monoisotopic (exact) mass is 874 g/mol. The molecule has 0 bridgehead atoms. The fourth-order valence-electron chi connectivity index (χ4n) is 10.4. The van der Waals surface area contributed by atoms with E-state index in [4.69, 9.17) is 14.7 Å². The summed E-state index contributed by atoms with van der Waals surface area (Å²) in [7, 11) is 0. The molecule has 0 saturated carbocycles. The maximum absolute atomic E-state index is 14.2. The molecule has 14 nitrogen and oxygen atoms in total. The van der Waals surface area contributed by atoms with Crippen molar-refractivity contribution in [3.8, 4) is 33.6 Å². The Kier molecular flexibility index (Phi) is 11.7. The first-order valence-corrected chi connectivity index (χ1v) is 23.1. The van der Waals surface area contributed by atoms with Crippen molar-refractivity contribution in [2.45, 2.75) is 88.9 Å². The second-order valence-electron chi connectivity index (χ2n) is 17.8. The molecular weight excluding hydrogens is 821 g/mol. The second kappa shape index (κ2) is 18.0. The Morgan fingerprint density at radius 3 is 2.18 bits per heavy atom. The predicted molar refractivity (Wildman–Crippen MR) is 245 cm³/mol. The number of aryl methyl sites for hydroxylation is 2. The first-order valence-electron chi connectivity index (χ1n) is 23.1. The van der Waals surface area contributed by atoms with E-state index in [-0.39, 0.29) is 35.7 Å². The van der Waals surface area contributed by atoms with Gasteiger partial charge in [-0.3, -0.25) is 14.4 Å². The van der Waals surface area contributed by atoms with Gasteiger partial charge >= 0.3 is 6.09 Å². The molecule has 4 aromatic carbocycles. The fourth-order valence-corrected chi connectivity index (χ4v) is 10.4. The minimum Gasteiger partial charge on any atom is -0.465 e. The number of nitrogens with zero attached hydrogens (tertiary/aromatic N) is 4. The van der Waals surface area contributed by atoms with Crippen molar-refractivity contribution < 1.29 is 29.0 Å². The first kappa shape index (κ1) is 42.2. The number of fused-ring (bicyclic) bond motifs is 4. The zero-order chi connectivity index (χ0) is 44.6. The van der Waals surface area contributed by atoms with E-state index in [0.29, 0.717) is 44.1 Å². The Labute approximate surface area is 377 Å². The smallest absolute Gasteiger partial charge is 0.405 e. The van der Waals surface area contributed by atoms with Crippen molar-refractivity contribution in [1.29, 1.82) is 0 Å². The number of nitrogens with one attached hydrogen (secondary N) is 4. The van der Waals surface area contributed by atoms with Gasteiger partial charge < -0.3 is 40.2 Å². The van der Waals surface area contributed by atoms with Gasteiger partial charge in [-0.25, -0.2) is 14.8 Å². The average molecular weight is 875 g/mol. The number of H-pyrrole nitrogens is 2. The van der Waals surface area contributed by atoms with Crippen LogP contribution in [0.2, 0.25) is 0 Å². The fraction of sp³-hybridized carbons (Fsp3) is 0.373. The molecule has 2 aromatic heterocycles. The highest BCUT2D eigenvalue weighted by Gasteiger charge is 2.41. The zero-order valence-corrected chi connectivity index (χ0v) is 36.5. The molecule has 4 unspecified atom stereocenters. The molecule has 65 heavy (non-hydrogen) atoms. The molecule has 3 aliphatic heterocycles. The first-order chi connectivity index (χ1) is 31.7. The van der Waals surface area contributed by atoms with E-state index in [1.807, 2.05) is 17.9 Å². The summed E-state index contributed by atoms with van der Waals surface area (Å²) in [4.78, 5) is 73.0. The molecule has 5 heterocycles. The highest BCUT2D eigenvalue weighted by molar-refractivity contribution is 5.91. The van der Waals surface area contributed by atoms with Crippen LogP contribution in [0.1, 0.15) is 98.5 Å². The Morgan fingerprint density at radius 2 is 1.45 bits per heavy atom. The van der Waals surface area contributed by atoms with E-state index in [1.54, 1.807) is 35.4 Å². The third kappa shape index (κ3) is 8.38. The van der Waals surface area contributed by atoms with Crippen molar-refractivity contribution in [1.82, 2.24) is 40.4 Å². The van der Waals surface area contributed by atoms with E-state index in [9.17, 15) is 24.3 Å². The molecule has 5 N–H and O–H groups in total. The lowest BCUT2D eigenvalue weighted by atomic mass is 9.89. The number of rotatable bonds is 11. The summed E-state index contributed by atoms with van der Waals surface area (Å²) in [6.45, 7) is 4.18. The lowest BCUT2D eigenvalue weighted by Crippen LogP contribution is -2.53. The zero-order valence-electron chi connectivity index (χ0n) is 36.5. The lowest BCUT2D eigenvalue weighted by Gasteiger charge is -2.34. The minimum absolute atomic E-state index is 0.0177. The van der Waals surface area contributed by atoms with Crippen molar-refractivity contribution in [3.05, 3.63) is 120 Å². The van der Waals surface area contributed by atoms with Crippen LogP contribution in [0.4, 0.5) is 4.79 Å². The normalized spacial score (nSPS) is 19.4. The summed E-state index contributed by atoms with van der Waals surface area (Å²) in [5.41, 5.74) is 9.10. The van der Waals surface area contributed by atoms with E-state index in [1.165, 1.54) is 5.56 Å². The van der Waals surface area contributed by atoms with Crippen molar-refractivity contribution in [2.24, 2.45) is 5.92 Å². The molecule has 4 atom stereocenters. The quantitative estimate of drug-likeness (QED) is 0.0866. The number of carbonyl (C=O) groups is 4. The third-order valence-corrected chi connectivity index (χ3v) is 13.9. The molecule has 334 valence electrons. The van der Waals surface area contributed by atoms with Gasteiger partial charge in [-0.05, 0) is 102 Å². The van der Waals surface area contributed by atoms with Crippen LogP contribution < -0.4 is 10.6 Å². The highest BCUT2D eigenvalue weighted by Crippen LogP contribution is 2.40. The van der Waals surface area contributed by atoms with Gasteiger partial charge in [0.2, 0.25) is 11.8 Å². The number of hydrogen-bond donors (Lipinski definition) is 5. The number of carboxylic acid groups (broad SMARTS) is 1. The second-order valence-corrected chi connectivity index (χ2v) is 17.8. The van der Waals surface area contributed by atoms with Crippen LogP contribution >= 0.6 is 0 Å². The van der Waals surface area contributed by atoms with Crippen molar-refractivity contribution >= 4 is 34.6 Å². The predicted octanol–water partition coefficient (Wildman–Crippen LogP) is 8.04. The van der Waals surface area contributed by atoms with Gasteiger partial charge in [-0.1, -0.05) is 79.7 Å². The van der Waals surface area contributed by atoms with E-state index in [2.05, 4.69) is 75.2 Å². The number of benzene rings is 4. The maximum atomic E-state index is 14.2. The molecule has 1 aliphatic carbocycles. The molecule has 4 aliphatic rings. The van der Waals surface area contributed by atoms with Gasteiger partial charge in [0.1, 0.15) is 23.7 Å². The number of imidazole rings is 2. The van der Waals surface area contributed by atoms with Gasteiger partial charge in [0.05, 0.1) is 29.7 Å². The molecule has 0 radical (unpaired) electrons. The van der Waals surface area contributed by atoms with Crippen LogP contribution in [0.3, 0.4) is 0 Å². The molecule has 10 rings (SSSR count). The number of likely N-dealkylation sites (tertiary alicyclic amines) is 2. The molecule has 3 fully saturated rings. The number of carbonyl (C=O) groups excluding carboxylic acids is 3. The summed E-state index contributed by atoms with van der Waals surface area (Å²) in [5.74, 6) is 1.14. The van der Waals surface area contributed by atoms with Crippen molar-refractivity contribution in [3.63, 3.8) is 0 Å². The van der Waals surface area contributed by atoms with Crippen LogP contribution in [0.15, 0.2) is 91.1 Å². The highest BCUT2D eigenvalue weighted by atomic mass is 16.5. The van der Waals surface area contributed by atoms with E-state index < -0.39 is 18.2 Å². The van der Waals surface area contributed by atoms with Crippen molar-refractivity contribution in [2.75, 3.05) is 26.3 Å². The lowest BCUT2D eigenvalue weighted by molar-refractivity contribution is -0.140. The van der Waals surface area contributed by atoms with E-state index in [0.717, 1.165) is 107 Å². The average Bonchev–Trinajstić information content (AvgIpc) is 4.19. The third-order valence-electron chi connectivity index (χ3n) is 13.9. The Hall–Kier alpha value is -6.80. The molecule has 4 amide bonds. The number of aromatic amines is 2. The standard InChI is InChI=1S/C51H54N8O6/c1-2-43(60)55-44(31-20-24-65-25-21-31)49(61)59-23-7-11-42(59)48-53-39-19-17-36-27-35(16-18-38(36)46(39)56-48)32-12-13-34-28-37(15-14-33(34)26-32)40-29-52-47(54-40)41-10-6-22-58(41)50(62)45(57-51(63)64)30-8-4-3-5-9-30/h3-5,8-9,12-16,18,26-29,31,41-42,44-45,57H,2,6-7,10-11,17,19-25H2,1H3,(H,52,54)(H,53,56)(H,55,60)(H,63,64). The van der Waals surface area contributed by atoms with Gasteiger partial charge in [0, 0.05) is 49.5 Å². The van der Waals surface area contributed by atoms with Crippen LogP contribution in [0.25, 0.3) is 44.4 Å². The summed E-state index contributed by atoms with van der Waals surface area (Å²) >= 11 is 0. The van der Waals surface area contributed by atoms with Gasteiger partial charge in [-0.15, -0.1) is 0 Å². The molecule has 14 heteroatoms. The van der Waals surface area contributed by atoms with Gasteiger partial charge in [0.25, 0.3) is 5.91 Å². The summed E-state index contributed by atoms with van der Waals surface area (Å²) < 4.78 is 5.58. The SMILES string of the molecule is CCC(=O)NC(C(=O)N1CCCC1c1nc2c([nH]1)CCc1cc(-c3ccc4cc(-c5cnc(C6CCCN6C(=O)C(NC(=O)O)c6ccccc6)[nH]5)ccc4c3)ccc1-2)C1CCOCC1. The molecule has 6 aromatic rings. The van der Waals surface area contributed by atoms with Crippen LogP contribution in [0.5, 0.6) is 0 Å². The Morgan fingerprint density at radius 1 is 0.769 bits per heavy atom. The summed E-state index contributed by atoms with van der Waals surface area (Å²) in [5, 5.41) is 17.2. The summed E-state index contributed by atoms with van der Waals surface area (Å²) in [6.07, 6.45) is 7.32. The topological polar surface area (TPSA) is 186 Å².